The van der Waals surface area contributed by atoms with Gasteiger partial charge in [0.2, 0.25) is 0 Å². The van der Waals surface area contributed by atoms with Crippen molar-refractivity contribution in [2.75, 3.05) is 7.11 Å². The van der Waals surface area contributed by atoms with E-state index in [2.05, 4.69) is 5.10 Å². The van der Waals surface area contributed by atoms with Gasteiger partial charge in [0.1, 0.15) is 10.7 Å². The number of hydrogen-bond donors (Lipinski definition) is 1. The molecule has 0 saturated heterocycles. The molecule has 0 aliphatic heterocycles. The van der Waals surface area contributed by atoms with E-state index in [9.17, 15) is 13.2 Å². The van der Waals surface area contributed by atoms with Crippen molar-refractivity contribution >= 4 is 17.2 Å². The molecular formula is C18H14F3N3OS. The second kappa shape index (κ2) is 6.80. The number of nitrogens with zero attached hydrogens (tertiary/aromatic N) is 2. The molecule has 2 N–H and O–H groups in total. The quantitative estimate of drug-likeness (QED) is 0.693. The topological polar surface area (TPSA) is 53.1 Å². The van der Waals surface area contributed by atoms with E-state index in [1.165, 1.54) is 11.8 Å². The molecular weight excluding hydrogens is 363 g/mol. The first-order chi connectivity index (χ1) is 12.3. The van der Waals surface area contributed by atoms with Crippen molar-refractivity contribution in [1.82, 2.24) is 9.78 Å². The lowest BCUT2D eigenvalue weighted by atomic mass is 10.1. The van der Waals surface area contributed by atoms with Crippen LogP contribution in [0.3, 0.4) is 0 Å². The smallest absolute Gasteiger partial charge is 0.435 e. The SMILES string of the molecule is COc1ccc(-c2cc(C(F)(F)F)nn2-c2ccc(C(N)=S)cc2)cc1. The fourth-order valence-corrected chi connectivity index (χ4v) is 2.59. The van der Waals surface area contributed by atoms with Gasteiger partial charge in [0.15, 0.2) is 5.69 Å². The summed E-state index contributed by atoms with van der Waals surface area (Å²) in [5, 5.41) is 3.74. The number of aromatic nitrogens is 2. The molecule has 1 aromatic heterocycles. The van der Waals surface area contributed by atoms with Gasteiger partial charge in [-0.25, -0.2) is 4.68 Å². The van der Waals surface area contributed by atoms with Crippen LogP contribution in [-0.4, -0.2) is 21.9 Å². The van der Waals surface area contributed by atoms with Crippen LogP contribution < -0.4 is 10.5 Å². The molecule has 3 aromatic rings. The number of methoxy groups -OCH3 is 1. The lowest BCUT2D eigenvalue weighted by Gasteiger charge is -2.09. The van der Waals surface area contributed by atoms with Gasteiger partial charge in [-0.1, -0.05) is 12.2 Å². The van der Waals surface area contributed by atoms with Gasteiger partial charge in [0.05, 0.1) is 18.5 Å². The molecule has 0 unspecified atom stereocenters. The average molecular weight is 377 g/mol. The second-order valence-corrected chi connectivity index (χ2v) is 5.90. The van der Waals surface area contributed by atoms with E-state index in [0.717, 1.165) is 6.07 Å². The normalized spacial score (nSPS) is 11.4. The first kappa shape index (κ1) is 17.9. The maximum absolute atomic E-state index is 13.2. The standard InChI is InChI=1S/C18H14F3N3OS/c1-25-14-8-4-11(5-9-14)15-10-16(18(19,20)21)23-24(15)13-6-2-12(3-7-13)17(22)26/h2-10H,1H3,(H2,22,26). The summed E-state index contributed by atoms with van der Waals surface area (Å²) >= 11 is 4.90. The van der Waals surface area contributed by atoms with Crippen molar-refractivity contribution in [2.24, 2.45) is 5.73 Å². The second-order valence-electron chi connectivity index (χ2n) is 5.46. The van der Waals surface area contributed by atoms with E-state index >= 15 is 0 Å². The van der Waals surface area contributed by atoms with E-state index in [1.807, 2.05) is 0 Å². The summed E-state index contributed by atoms with van der Waals surface area (Å²) in [5.74, 6) is 0.608. The van der Waals surface area contributed by atoms with Crippen LogP contribution in [0, 0.1) is 0 Å². The average Bonchev–Trinajstić information content (AvgIpc) is 3.07. The molecule has 0 bridgehead atoms. The molecule has 2 aromatic carbocycles. The Kier molecular flexibility index (Phi) is 4.69. The molecule has 0 radical (unpaired) electrons. The van der Waals surface area contributed by atoms with Gasteiger partial charge in [-0.3, -0.25) is 0 Å². The van der Waals surface area contributed by atoms with Crippen LogP contribution in [0.4, 0.5) is 13.2 Å². The van der Waals surface area contributed by atoms with Gasteiger partial charge < -0.3 is 10.5 Å². The monoisotopic (exact) mass is 377 g/mol. The Labute approximate surface area is 153 Å². The van der Waals surface area contributed by atoms with Crippen LogP contribution in [0.2, 0.25) is 0 Å². The minimum absolute atomic E-state index is 0.211. The highest BCUT2D eigenvalue weighted by Gasteiger charge is 2.35. The summed E-state index contributed by atoms with van der Waals surface area (Å²) in [6, 6.07) is 14.2. The number of halogens is 3. The summed E-state index contributed by atoms with van der Waals surface area (Å²) in [6.45, 7) is 0. The molecule has 0 saturated carbocycles. The zero-order valence-corrected chi connectivity index (χ0v) is 14.4. The minimum Gasteiger partial charge on any atom is -0.497 e. The molecule has 0 amide bonds. The van der Waals surface area contributed by atoms with Crippen molar-refractivity contribution in [3.63, 3.8) is 0 Å². The third-order valence-corrected chi connectivity index (χ3v) is 4.02. The summed E-state index contributed by atoms with van der Waals surface area (Å²) in [7, 11) is 1.52. The molecule has 134 valence electrons. The van der Waals surface area contributed by atoms with Crippen molar-refractivity contribution < 1.29 is 17.9 Å². The molecule has 0 atom stereocenters. The molecule has 3 rings (SSSR count). The van der Waals surface area contributed by atoms with Crippen LogP contribution in [0.25, 0.3) is 16.9 Å². The highest BCUT2D eigenvalue weighted by atomic mass is 32.1. The fraction of sp³-hybridized carbons (Fsp3) is 0.111. The van der Waals surface area contributed by atoms with Crippen molar-refractivity contribution in [3.8, 4) is 22.7 Å². The van der Waals surface area contributed by atoms with E-state index in [-0.39, 0.29) is 4.99 Å². The highest BCUT2D eigenvalue weighted by Crippen LogP contribution is 2.33. The number of alkyl halides is 3. The van der Waals surface area contributed by atoms with Crippen LogP contribution in [0.15, 0.2) is 54.6 Å². The van der Waals surface area contributed by atoms with E-state index < -0.39 is 11.9 Å². The van der Waals surface area contributed by atoms with Crippen LogP contribution in [0.1, 0.15) is 11.3 Å². The largest absolute Gasteiger partial charge is 0.497 e. The fourth-order valence-electron chi connectivity index (χ4n) is 2.45. The summed E-state index contributed by atoms with van der Waals surface area (Å²) in [6.07, 6.45) is -4.55. The first-order valence-electron chi connectivity index (χ1n) is 7.51. The van der Waals surface area contributed by atoms with Crippen LogP contribution >= 0.6 is 12.2 Å². The maximum atomic E-state index is 13.2. The Bertz CT molecular complexity index is 932. The van der Waals surface area contributed by atoms with Gasteiger partial charge >= 0.3 is 6.18 Å². The number of benzene rings is 2. The third kappa shape index (κ3) is 3.55. The Balaban J connectivity index is 2.13. The zero-order valence-electron chi connectivity index (χ0n) is 13.6. The molecule has 0 aliphatic rings. The van der Waals surface area contributed by atoms with Gasteiger partial charge in [0.25, 0.3) is 0 Å². The van der Waals surface area contributed by atoms with Crippen molar-refractivity contribution in [1.29, 1.82) is 0 Å². The van der Waals surface area contributed by atoms with Gasteiger partial charge in [-0.2, -0.15) is 18.3 Å². The van der Waals surface area contributed by atoms with Crippen molar-refractivity contribution in [2.45, 2.75) is 6.18 Å². The zero-order chi connectivity index (χ0) is 18.9. The first-order valence-corrected chi connectivity index (χ1v) is 7.92. The number of hydrogen-bond acceptors (Lipinski definition) is 3. The van der Waals surface area contributed by atoms with Crippen LogP contribution in [-0.2, 0) is 6.18 Å². The van der Waals surface area contributed by atoms with Crippen molar-refractivity contribution in [3.05, 3.63) is 65.9 Å². The van der Waals surface area contributed by atoms with E-state index in [0.29, 0.717) is 28.3 Å². The molecule has 26 heavy (non-hydrogen) atoms. The number of rotatable bonds is 4. The third-order valence-electron chi connectivity index (χ3n) is 3.78. The van der Waals surface area contributed by atoms with Gasteiger partial charge in [-0.15, -0.1) is 0 Å². The lowest BCUT2D eigenvalue weighted by Crippen LogP contribution is -2.10. The minimum atomic E-state index is -4.55. The summed E-state index contributed by atoms with van der Waals surface area (Å²) < 4.78 is 45.8. The van der Waals surface area contributed by atoms with E-state index in [4.69, 9.17) is 22.7 Å². The van der Waals surface area contributed by atoms with Gasteiger partial charge in [-0.05, 0) is 54.6 Å². The number of thiocarbonyl (C=S) groups is 1. The molecule has 0 fully saturated rings. The van der Waals surface area contributed by atoms with Gasteiger partial charge in [0, 0.05) is 11.1 Å². The Morgan fingerprint density at radius 2 is 1.69 bits per heavy atom. The Morgan fingerprint density at radius 1 is 1.08 bits per heavy atom. The maximum Gasteiger partial charge on any atom is 0.435 e. The molecule has 4 nitrogen and oxygen atoms in total. The van der Waals surface area contributed by atoms with E-state index in [1.54, 1.807) is 48.5 Å². The molecule has 1 heterocycles. The molecule has 0 spiro atoms. The van der Waals surface area contributed by atoms with Crippen LogP contribution in [0.5, 0.6) is 5.75 Å². The Hall–Kier alpha value is -2.87. The number of nitrogens with two attached hydrogens (primary N) is 1. The number of ether oxygens (including phenoxy) is 1. The highest BCUT2D eigenvalue weighted by molar-refractivity contribution is 7.80. The lowest BCUT2D eigenvalue weighted by molar-refractivity contribution is -0.141. The summed E-state index contributed by atoms with van der Waals surface area (Å²) in [4.78, 5) is 0.211. The molecule has 8 heteroatoms. The Morgan fingerprint density at radius 3 is 2.19 bits per heavy atom. The molecule has 0 aliphatic carbocycles. The summed E-state index contributed by atoms with van der Waals surface area (Å²) in [5.41, 5.74) is 6.56. The predicted octanol–water partition coefficient (Wildman–Crippen LogP) is 4.20. The predicted molar refractivity (Wildman–Crippen MR) is 96.4 cm³/mol.